The van der Waals surface area contributed by atoms with Gasteiger partial charge in [0.1, 0.15) is 0 Å². The van der Waals surface area contributed by atoms with Gasteiger partial charge in [-0.25, -0.2) is 0 Å². The van der Waals surface area contributed by atoms with Crippen molar-refractivity contribution in [3.63, 3.8) is 0 Å². The van der Waals surface area contributed by atoms with Gasteiger partial charge in [-0.3, -0.25) is 4.79 Å². The number of hydrogen-bond donors (Lipinski definition) is 1. The molecule has 30 heavy (non-hydrogen) atoms. The maximum Gasteiger partial charge on any atom is 0.230 e. The average molecular weight is 404 g/mol. The molecule has 1 amide bonds. The Morgan fingerprint density at radius 1 is 0.700 bits per heavy atom. The first-order chi connectivity index (χ1) is 14.5. The molecule has 0 atom stereocenters. The highest BCUT2D eigenvalue weighted by atomic mass is 16.2. The number of benzene rings is 1. The van der Waals surface area contributed by atoms with Crippen molar-refractivity contribution in [2.24, 2.45) is 46.3 Å². The van der Waals surface area contributed by atoms with Gasteiger partial charge in [0, 0.05) is 5.69 Å². The molecule has 1 aromatic rings. The molecular formula is C28H37NO. The Balaban J connectivity index is 1.04. The summed E-state index contributed by atoms with van der Waals surface area (Å²) in [4.78, 5) is 13.3. The first-order valence-electron chi connectivity index (χ1n) is 13.0. The van der Waals surface area contributed by atoms with E-state index in [9.17, 15) is 4.79 Å². The Hall–Kier alpha value is -1.31. The normalized spacial score (nSPS) is 47.6. The zero-order valence-corrected chi connectivity index (χ0v) is 18.4. The molecule has 8 bridgehead atoms. The highest BCUT2D eigenvalue weighted by Crippen LogP contribution is 2.62. The lowest BCUT2D eigenvalue weighted by Crippen LogP contribution is -2.51. The second kappa shape index (κ2) is 6.36. The van der Waals surface area contributed by atoms with Gasteiger partial charge in [-0.05, 0) is 142 Å². The predicted molar refractivity (Wildman–Crippen MR) is 120 cm³/mol. The molecule has 2 nitrogen and oxygen atoms in total. The smallest absolute Gasteiger partial charge is 0.230 e. The second-order valence-corrected chi connectivity index (χ2v) is 12.9. The Labute approximate surface area is 181 Å². The van der Waals surface area contributed by atoms with Crippen LogP contribution in [0, 0.1) is 46.3 Å². The van der Waals surface area contributed by atoms with Gasteiger partial charge in [-0.15, -0.1) is 0 Å². The van der Waals surface area contributed by atoms with Crippen LogP contribution in [0.1, 0.15) is 82.6 Å². The molecule has 0 spiro atoms. The second-order valence-electron chi connectivity index (χ2n) is 12.9. The number of carbonyl (C=O) groups is 1. The number of nitrogens with one attached hydrogen (secondary N) is 1. The lowest BCUT2D eigenvalue weighted by molar-refractivity contribution is -0.140. The summed E-state index contributed by atoms with van der Waals surface area (Å²) < 4.78 is 0. The number of hydrogen-bond acceptors (Lipinski definition) is 1. The molecule has 8 saturated carbocycles. The van der Waals surface area contributed by atoms with Crippen molar-refractivity contribution in [2.45, 2.75) is 83.5 Å². The van der Waals surface area contributed by atoms with Crippen molar-refractivity contribution in [3.8, 4) is 0 Å². The first-order valence-corrected chi connectivity index (χ1v) is 13.0. The van der Waals surface area contributed by atoms with Crippen LogP contribution in [0.2, 0.25) is 0 Å². The van der Waals surface area contributed by atoms with Crippen LogP contribution in [-0.2, 0) is 11.2 Å². The van der Waals surface area contributed by atoms with Crippen LogP contribution in [0.15, 0.2) is 24.3 Å². The van der Waals surface area contributed by atoms with Crippen molar-refractivity contribution in [2.75, 3.05) is 5.32 Å². The summed E-state index contributed by atoms with van der Waals surface area (Å²) in [7, 11) is 0. The first kappa shape index (κ1) is 18.3. The van der Waals surface area contributed by atoms with Crippen LogP contribution in [0.3, 0.4) is 0 Å². The maximum absolute atomic E-state index is 13.3. The van der Waals surface area contributed by atoms with E-state index in [1.807, 2.05) is 0 Å². The highest BCUT2D eigenvalue weighted by molar-refractivity contribution is 5.95. The van der Waals surface area contributed by atoms with E-state index in [4.69, 9.17) is 0 Å². The van der Waals surface area contributed by atoms with E-state index >= 15 is 0 Å². The SMILES string of the molecule is O=C(Nc1ccc(CC23CC4CC(CC(C4)C2)C3)cc1)C12CC3CC(CC(C3)C1)C2. The van der Waals surface area contributed by atoms with E-state index in [1.54, 1.807) is 0 Å². The summed E-state index contributed by atoms with van der Waals surface area (Å²) in [6.45, 7) is 0. The monoisotopic (exact) mass is 403 g/mol. The van der Waals surface area contributed by atoms with Gasteiger partial charge >= 0.3 is 0 Å². The van der Waals surface area contributed by atoms with E-state index in [0.717, 1.165) is 60.5 Å². The Kier molecular flexibility index (Phi) is 3.88. The van der Waals surface area contributed by atoms with Crippen molar-refractivity contribution < 1.29 is 4.79 Å². The Bertz CT molecular complexity index is 781. The Morgan fingerprint density at radius 2 is 1.13 bits per heavy atom. The molecule has 0 radical (unpaired) electrons. The fraction of sp³-hybridized carbons (Fsp3) is 0.750. The number of rotatable bonds is 4. The molecule has 0 unspecified atom stereocenters. The lowest BCUT2D eigenvalue weighted by Gasteiger charge is -2.57. The molecule has 8 aliphatic carbocycles. The molecular weight excluding hydrogens is 366 g/mol. The lowest BCUT2D eigenvalue weighted by atomic mass is 9.48. The molecule has 2 heteroatoms. The summed E-state index contributed by atoms with van der Waals surface area (Å²) in [6.07, 6.45) is 17.9. The van der Waals surface area contributed by atoms with Crippen molar-refractivity contribution >= 4 is 11.6 Å². The van der Waals surface area contributed by atoms with E-state index in [1.165, 1.54) is 69.8 Å². The average Bonchev–Trinajstić information content (AvgIpc) is 2.67. The summed E-state index contributed by atoms with van der Waals surface area (Å²) in [5, 5.41) is 3.35. The van der Waals surface area contributed by atoms with Gasteiger partial charge < -0.3 is 5.32 Å². The molecule has 1 N–H and O–H groups in total. The van der Waals surface area contributed by atoms with Crippen LogP contribution in [0.5, 0.6) is 0 Å². The Morgan fingerprint density at radius 3 is 1.60 bits per heavy atom. The summed E-state index contributed by atoms with van der Waals surface area (Å²) in [5.41, 5.74) is 3.06. The topological polar surface area (TPSA) is 29.1 Å². The molecule has 0 aromatic heterocycles. The van der Waals surface area contributed by atoms with Crippen molar-refractivity contribution in [1.82, 2.24) is 0 Å². The van der Waals surface area contributed by atoms with Gasteiger partial charge in [-0.1, -0.05) is 12.1 Å². The predicted octanol–water partition coefficient (Wildman–Crippen LogP) is 6.60. The number of carbonyl (C=O) groups excluding carboxylic acids is 1. The minimum atomic E-state index is -0.0490. The highest BCUT2D eigenvalue weighted by Gasteiger charge is 2.54. The molecule has 160 valence electrons. The van der Waals surface area contributed by atoms with Gasteiger partial charge in [-0.2, -0.15) is 0 Å². The maximum atomic E-state index is 13.3. The van der Waals surface area contributed by atoms with Gasteiger partial charge in [0.05, 0.1) is 5.41 Å². The third kappa shape index (κ3) is 2.92. The van der Waals surface area contributed by atoms with Gasteiger partial charge in [0.25, 0.3) is 0 Å². The fourth-order valence-corrected chi connectivity index (χ4v) is 10.3. The van der Waals surface area contributed by atoms with Crippen molar-refractivity contribution in [3.05, 3.63) is 29.8 Å². The fourth-order valence-electron chi connectivity index (χ4n) is 10.3. The molecule has 0 aliphatic heterocycles. The third-order valence-corrected chi connectivity index (χ3v) is 10.5. The van der Waals surface area contributed by atoms with Crippen molar-refractivity contribution in [1.29, 1.82) is 0 Å². The molecule has 1 aromatic carbocycles. The van der Waals surface area contributed by atoms with Crippen LogP contribution in [0.4, 0.5) is 5.69 Å². The standard InChI is InChI=1S/C28H37NO/c30-26(28-15-22-8-23(16-28)10-24(9-22)17-28)29-25-3-1-18(2-4-25)11-27-12-19-5-20(13-27)7-21(6-19)14-27/h1-4,19-24H,5-17H2,(H,29,30). The minimum absolute atomic E-state index is 0.0490. The van der Waals surface area contributed by atoms with E-state index in [0.29, 0.717) is 11.3 Å². The van der Waals surface area contributed by atoms with E-state index in [2.05, 4.69) is 29.6 Å². The molecule has 0 saturated heterocycles. The molecule has 0 heterocycles. The van der Waals surface area contributed by atoms with Crippen LogP contribution in [0.25, 0.3) is 0 Å². The number of amides is 1. The summed E-state index contributed by atoms with van der Waals surface area (Å²) >= 11 is 0. The quantitative estimate of drug-likeness (QED) is 0.603. The minimum Gasteiger partial charge on any atom is -0.326 e. The summed E-state index contributed by atoms with van der Waals surface area (Å²) in [6, 6.07) is 9.00. The third-order valence-electron chi connectivity index (χ3n) is 10.5. The zero-order chi connectivity index (χ0) is 19.9. The van der Waals surface area contributed by atoms with Crippen LogP contribution >= 0.6 is 0 Å². The molecule has 8 aliphatic rings. The van der Waals surface area contributed by atoms with E-state index < -0.39 is 0 Å². The number of anilines is 1. The largest absolute Gasteiger partial charge is 0.326 e. The van der Waals surface area contributed by atoms with Crippen LogP contribution < -0.4 is 5.32 Å². The van der Waals surface area contributed by atoms with Gasteiger partial charge in [0.2, 0.25) is 5.91 Å². The zero-order valence-electron chi connectivity index (χ0n) is 18.4. The van der Waals surface area contributed by atoms with E-state index in [-0.39, 0.29) is 5.41 Å². The van der Waals surface area contributed by atoms with Crippen LogP contribution in [-0.4, -0.2) is 5.91 Å². The molecule has 8 fully saturated rings. The summed E-state index contributed by atoms with van der Waals surface area (Å²) in [5.74, 6) is 5.87. The molecule has 9 rings (SSSR count). The van der Waals surface area contributed by atoms with Gasteiger partial charge in [0.15, 0.2) is 0 Å².